The molecule has 0 saturated carbocycles. The Hall–Kier alpha value is -2.17. The molecule has 2 rings (SSSR count). The maximum Gasteiger partial charge on any atom is 0.328 e. The first-order valence-electron chi connectivity index (χ1n) is 4.12. The van der Waals surface area contributed by atoms with Crippen LogP contribution >= 0.6 is 0 Å². The topological polar surface area (TPSA) is 63.3 Å². The summed E-state index contributed by atoms with van der Waals surface area (Å²) in [5.74, 6) is -1.38. The van der Waals surface area contributed by atoms with E-state index in [9.17, 15) is 9.18 Å². The number of carbonyl (C=O) groups is 1. The number of aliphatic carboxylic acids is 1. The minimum Gasteiger partial charge on any atom is -0.478 e. The lowest BCUT2D eigenvalue weighted by atomic mass is 10.3. The third-order valence-electron chi connectivity index (χ3n) is 1.74. The highest BCUT2D eigenvalue weighted by molar-refractivity contribution is 5.85. The molecule has 0 fully saturated rings. The monoisotopic (exact) mass is 207 g/mol. The molecule has 76 valence electrons. The van der Waals surface area contributed by atoms with Crippen LogP contribution in [0.2, 0.25) is 0 Å². The quantitative estimate of drug-likeness (QED) is 0.765. The highest BCUT2D eigenvalue weighted by Crippen LogP contribution is 2.17. The summed E-state index contributed by atoms with van der Waals surface area (Å²) < 4.78 is 17.9. The minimum absolute atomic E-state index is 0.137. The van der Waals surface area contributed by atoms with Gasteiger partial charge in [-0.25, -0.2) is 14.2 Å². The van der Waals surface area contributed by atoms with Crippen LogP contribution in [0.1, 0.15) is 5.89 Å². The Bertz CT molecular complexity index is 545. The maximum atomic E-state index is 12.8. The Morgan fingerprint density at radius 1 is 1.53 bits per heavy atom. The minimum atomic E-state index is -1.09. The Morgan fingerprint density at radius 2 is 2.33 bits per heavy atom. The number of hydrogen-bond acceptors (Lipinski definition) is 3. The number of rotatable bonds is 2. The normalized spacial score (nSPS) is 11.3. The van der Waals surface area contributed by atoms with Gasteiger partial charge < -0.3 is 9.52 Å². The molecular formula is C10H6FNO3. The van der Waals surface area contributed by atoms with Gasteiger partial charge in [-0.15, -0.1) is 0 Å². The lowest BCUT2D eigenvalue weighted by Crippen LogP contribution is -1.85. The smallest absolute Gasteiger partial charge is 0.328 e. The zero-order valence-electron chi connectivity index (χ0n) is 7.48. The number of aromatic nitrogens is 1. The third-order valence-corrected chi connectivity index (χ3v) is 1.74. The number of fused-ring (bicyclic) bond motifs is 1. The zero-order chi connectivity index (χ0) is 10.8. The molecule has 0 bridgehead atoms. The van der Waals surface area contributed by atoms with Gasteiger partial charge in [0.05, 0.1) is 0 Å². The molecule has 0 radical (unpaired) electrons. The van der Waals surface area contributed by atoms with Crippen molar-refractivity contribution in [3.05, 3.63) is 36.0 Å². The molecule has 1 aromatic heterocycles. The fourth-order valence-corrected chi connectivity index (χ4v) is 1.13. The molecule has 15 heavy (non-hydrogen) atoms. The van der Waals surface area contributed by atoms with E-state index in [2.05, 4.69) is 4.98 Å². The second-order valence-electron chi connectivity index (χ2n) is 2.84. The van der Waals surface area contributed by atoms with E-state index in [1.807, 2.05) is 0 Å². The summed E-state index contributed by atoms with van der Waals surface area (Å²) in [6.07, 6.45) is 2.11. The van der Waals surface area contributed by atoms with Gasteiger partial charge in [0.1, 0.15) is 11.3 Å². The largest absolute Gasteiger partial charge is 0.478 e. The number of carboxylic acid groups (broad SMARTS) is 1. The Morgan fingerprint density at radius 3 is 3.07 bits per heavy atom. The number of hydrogen-bond donors (Lipinski definition) is 1. The summed E-state index contributed by atoms with van der Waals surface area (Å²) in [5.41, 5.74) is 0.779. The molecule has 0 amide bonds. The molecule has 5 heteroatoms. The first kappa shape index (κ1) is 9.39. The standard InChI is InChI=1S/C10H6FNO3/c11-6-1-2-7-8(5-6)15-9(12-7)3-4-10(13)14/h1-5H,(H,13,14)/b4-3+. The zero-order valence-corrected chi connectivity index (χ0v) is 7.48. The van der Waals surface area contributed by atoms with E-state index in [1.54, 1.807) is 0 Å². The Labute approximate surface area is 83.7 Å². The van der Waals surface area contributed by atoms with E-state index in [0.717, 1.165) is 6.08 Å². The fourth-order valence-electron chi connectivity index (χ4n) is 1.13. The van der Waals surface area contributed by atoms with Gasteiger partial charge in [0.15, 0.2) is 5.58 Å². The van der Waals surface area contributed by atoms with Crippen molar-refractivity contribution in [1.82, 2.24) is 4.98 Å². The summed E-state index contributed by atoms with van der Waals surface area (Å²) in [6, 6.07) is 3.92. The molecule has 0 unspecified atom stereocenters. The van der Waals surface area contributed by atoms with Crippen molar-refractivity contribution >= 4 is 23.1 Å². The molecule has 2 aromatic rings. The number of nitrogens with zero attached hydrogens (tertiary/aromatic N) is 1. The molecule has 1 heterocycles. The van der Waals surface area contributed by atoms with Crippen molar-refractivity contribution in [3.63, 3.8) is 0 Å². The highest BCUT2D eigenvalue weighted by atomic mass is 19.1. The number of benzene rings is 1. The van der Waals surface area contributed by atoms with E-state index >= 15 is 0 Å². The van der Waals surface area contributed by atoms with E-state index in [1.165, 1.54) is 24.3 Å². The lowest BCUT2D eigenvalue weighted by molar-refractivity contribution is -0.131. The van der Waals surface area contributed by atoms with Gasteiger partial charge in [0, 0.05) is 18.2 Å². The second-order valence-corrected chi connectivity index (χ2v) is 2.84. The summed E-state index contributed by atoms with van der Waals surface area (Å²) in [4.78, 5) is 14.2. The van der Waals surface area contributed by atoms with Crippen molar-refractivity contribution in [2.75, 3.05) is 0 Å². The number of halogens is 1. The second kappa shape index (κ2) is 3.53. The third kappa shape index (κ3) is 2.01. The molecule has 0 aliphatic heterocycles. The molecule has 4 nitrogen and oxygen atoms in total. The van der Waals surface area contributed by atoms with Crippen LogP contribution in [0.4, 0.5) is 4.39 Å². The van der Waals surface area contributed by atoms with Gasteiger partial charge >= 0.3 is 5.97 Å². The van der Waals surface area contributed by atoms with E-state index < -0.39 is 11.8 Å². The first-order valence-corrected chi connectivity index (χ1v) is 4.12. The van der Waals surface area contributed by atoms with Crippen LogP contribution in [0.3, 0.4) is 0 Å². The van der Waals surface area contributed by atoms with Crippen LogP contribution in [0, 0.1) is 5.82 Å². The summed E-state index contributed by atoms with van der Waals surface area (Å²) in [6.45, 7) is 0. The van der Waals surface area contributed by atoms with Gasteiger partial charge in [-0.3, -0.25) is 0 Å². The van der Waals surface area contributed by atoms with Crippen molar-refractivity contribution in [2.24, 2.45) is 0 Å². The van der Waals surface area contributed by atoms with Crippen LogP contribution in [0.15, 0.2) is 28.7 Å². The van der Waals surface area contributed by atoms with Gasteiger partial charge in [-0.1, -0.05) is 0 Å². The highest BCUT2D eigenvalue weighted by Gasteiger charge is 2.04. The van der Waals surface area contributed by atoms with Crippen molar-refractivity contribution in [2.45, 2.75) is 0 Å². The molecule has 1 N–H and O–H groups in total. The average Bonchev–Trinajstić information content (AvgIpc) is 2.56. The van der Waals surface area contributed by atoms with Crippen molar-refractivity contribution < 1.29 is 18.7 Å². The van der Waals surface area contributed by atoms with Crippen LogP contribution in [0.25, 0.3) is 17.2 Å². The van der Waals surface area contributed by atoms with Crippen molar-refractivity contribution in [1.29, 1.82) is 0 Å². The summed E-state index contributed by atoms with van der Waals surface area (Å²) in [5, 5.41) is 8.38. The molecule has 0 spiro atoms. The number of carboxylic acids is 1. The number of oxazole rings is 1. The van der Waals surface area contributed by atoms with Crippen LogP contribution in [-0.2, 0) is 4.79 Å². The SMILES string of the molecule is O=C(O)/C=C/c1nc2ccc(F)cc2o1. The van der Waals surface area contributed by atoms with Crippen LogP contribution in [0.5, 0.6) is 0 Å². The van der Waals surface area contributed by atoms with E-state index in [0.29, 0.717) is 11.1 Å². The summed E-state index contributed by atoms with van der Waals surface area (Å²) in [7, 11) is 0. The average molecular weight is 207 g/mol. The van der Waals surface area contributed by atoms with Crippen molar-refractivity contribution in [3.8, 4) is 0 Å². The predicted molar refractivity (Wildman–Crippen MR) is 50.6 cm³/mol. The maximum absolute atomic E-state index is 12.8. The first-order chi connectivity index (χ1) is 7.15. The van der Waals surface area contributed by atoms with Gasteiger partial charge in [0.25, 0.3) is 0 Å². The van der Waals surface area contributed by atoms with Crippen LogP contribution in [-0.4, -0.2) is 16.1 Å². The van der Waals surface area contributed by atoms with E-state index in [4.69, 9.17) is 9.52 Å². The lowest BCUT2D eigenvalue weighted by Gasteiger charge is -1.84. The van der Waals surface area contributed by atoms with Gasteiger partial charge in [-0.05, 0) is 12.1 Å². The summed E-state index contributed by atoms with van der Waals surface area (Å²) >= 11 is 0. The fraction of sp³-hybridized carbons (Fsp3) is 0. The molecule has 1 aromatic carbocycles. The van der Waals surface area contributed by atoms with Gasteiger partial charge in [0.2, 0.25) is 5.89 Å². The molecule has 0 saturated heterocycles. The predicted octanol–water partition coefficient (Wildman–Crippen LogP) is 2.06. The van der Waals surface area contributed by atoms with Gasteiger partial charge in [-0.2, -0.15) is 0 Å². The Balaban J connectivity index is 2.43. The van der Waals surface area contributed by atoms with E-state index in [-0.39, 0.29) is 5.89 Å². The molecular weight excluding hydrogens is 201 g/mol. The Kier molecular flexibility index (Phi) is 2.21. The molecule has 0 atom stereocenters. The molecule has 0 aliphatic rings. The van der Waals surface area contributed by atoms with Crippen LogP contribution < -0.4 is 0 Å². The molecule has 0 aliphatic carbocycles.